The minimum Gasteiger partial charge on any atom is -0.338 e. The van der Waals surface area contributed by atoms with Crippen LogP contribution in [0.1, 0.15) is 33.1 Å². The summed E-state index contributed by atoms with van der Waals surface area (Å²) in [5.74, 6) is 0.802. The molecule has 0 aromatic heterocycles. The molecule has 116 valence electrons. The van der Waals surface area contributed by atoms with E-state index in [1.807, 2.05) is 0 Å². The van der Waals surface area contributed by atoms with Gasteiger partial charge >= 0.3 is 6.03 Å². The summed E-state index contributed by atoms with van der Waals surface area (Å²) in [6, 6.07) is -0.399. The molecule has 0 aromatic rings. The molecule has 3 amide bonds. The lowest BCUT2D eigenvalue weighted by molar-refractivity contribution is -0.121. The van der Waals surface area contributed by atoms with Gasteiger partial charge in [0.25, 0.3) is 0 Å². The molecule has 1 aliphatic heterocycles. The Morgan fingerprint density at radius 3 is 2.80 bits per heavy atom. The zero-order chi connectivity index (χ0) is 15.0. The smallest absolute Gasteiger partial charge is 0.321 e. The number of likely N-dealkylation sites (tertiary alicyclic amines) is 1. The van der Waals surface area contributed by atoms with Gasteiger partial charge in [-0.15, -0.1) is 0 Å². The Kier molecular flexibility index (Phi) is 7.54. The summed E-state index contributed by atoms with van der Waals surface area (Å²) in [6.07, 6.45) is 2.99. The van der Waals surface area contributed by atoms with E-state index in [-0.39, 0.29) is 12.5 Å². The van der Waals surface area contributed by atoms with Crippen LogP contribution in [0.15, 0.2) is 0 Å². The van der Waals surface area contributed by atoms with Crippen molar-refractivity contribution in [2.24, 2.45) is 17.6 Å². The van der Waals surface area contributed by atoms with Crippen LogP contribution in [0.25, 0.3) is 0 Å². The van der Waals surface area contributed by atoms with Crippen molar-refractivity contribution < 1.29 is 9.59 Å². The molecular formula is C14H28N4O2. The molecule has 20 heavy (non-hydrogen) atoms. The first kappa shape index (κ1) is 16.9. The Morgan fingerprint density at radius 1 is 1.40 bits per heavy atom. The summed E-state index contributed by atoms with van der Waals surface area (Å²) < 4.78 is 0. The van der Waals surface area contributed by atoms with Gasteiger partial charge in [0.15, 0.2) is 0 Å². The zero-order valence-electron chi connectivity index (χ0n) is 12.7. The standard InChI is InChI=1S/C14H28N4O2/c1-3-4-6-16-14(20)17-13(19)10-18-7-5-11(2)12(8-15)9-18/h11-12H,3-10,15H2,1-2H3,(H2,16,17,19,20). The summed E-state index contributed by atoms with van der Waals surface area (Å²) in [4.78, 5) is 25.3. The second kappa shape index (κ2) is 8.92. The number of rotatable bonds is 6. The summed E-state index contributed by atoms with van der Waals surface area (Å²) >= 11 is 0. The first-order valence-corrected chi connectivity index (χ1v) is 7.56. The number of urea groups is 1. The molecule has 0 aliphatic carbocycles. The lowest BCUT2D eigenvalue weighted by atomic mass is 9.87. The molecule has 0 radical (unpaired) electrons. The van der Waals surface area contributed by atoms with Gasteiger partial charge in [-0.25, -0.2) is 4.79 Å². The molecule has 4 N–H and O–H groups in total. The quantitative estimate of drug-likeness (QED) is 0.621. The maximum atomic E-state index is 11.8. The molecule has 0 aromatic carbocycles. The molecule has 1 fully saturated rings. The fourth-order valence-electron chi connectivity index (χ4n) is 2.47. The van der Waals surface area contributed by atoms with Crippen molar-refractivity contribution >= 4 is 11.9 Å². The van der Waals surface area contributed by atoms with Crippen molar-refractivity contribution in [3.8, 4) is 0 Å². The van der Waals surface area contributed by atoms with Crippen LogP contribution in [-0.4, -0.2) is 49.6 Å². The zero-order valence-corrected chi connectivity index (χ0v) is 12.7. The van der Waals surface area contributed by atoms with Gasteiger partial charge < -0.3 is 11.1 Å². The lowest BCUT2D eigenvalue weighted by Gasteiger charge is -2.36. The Morgan fingerprint density at radius 2 is 2.15 bits per heavy atom. The number of carbonyl (C=O) groups is 2. The molecule has 1 rings (SSSR count). The number of imide groups is 1. The van der Waals surface area contributed by atoms with Crippen LogP contribution >= 0.6 is 0 Å². The number of nitrogens with one attached hydrogen (secondary N) is 2. The molecular weight excluding hydrogens is 256 g/mol. The highest BCUT2D eigenvalue weighted by molar-refractivity contribution is 5.95. The number of nitrogens with zero attached hydrogens (tertiary/aromatic N) is 1. The Hall–Kier alpha value is -1.14. The van der Waals surface area contributed by atoms with Crippen LogP contribution in [-0.2, 0) is 4.79 Å². The van der Waals surface area contributed by atoms with E-state index >= 15 is 0 Å². The first-order valence-electron chi connectivity index (χ1n) is 7.56. The largest absolute Gasteiger partial charge is 0.338 e. The van der Waals surface area contributed by atoms with E-state index < -0.39 is 6.03 Å². The molecule has 2 atom stereocenters. The minimum atomic E-state index is -0.399. The summed E-state index contributed by atoms with van der Waals surface area (Å²) in [5.41, 5.74) is 5.74. The summed E-state index contributed by atoms with van der Waals surface area (Å²) in [6.45, 7) is 7.50. The third kappa shape index (κ3) is 5.88. The fourth-order valence-corrected chi connectivity index (χ4v) is 2.47. The van der Waals surface area contributed by atoms with Crippen molar-refractivity contribution in [2.75, 3.05) is 32.7 Å². The van der Waals surface area contributed by atoms with E-state index in [0.717, 1.165) is 32.4 Å². The van der Waals surface area contributed by atoms with Gasteiger partial charge in [-0.3, -0.25) is 15.0 Å². The molecule has 2 unspecified atom stereocenters. The SMILES string of the molecule is CCCCNC(=O)NC(=O)CN1CCC(C)C(CN)C1. The van der Waals surface area contributed by atoms with Crippen LogP contribution in [0, 0.1) is 11.8 Å². The van der Waals surface area contributed by atoms with E-state index in [0.29, 0.717) is 24.9 Å². The maximum absolute atomic E-state index is 11.8. The van der Waals surface area contributed by atoms with E-state index in [1.54, 1.807) is 0 Å². The van der Waals surface area contributed by atoms with E-state index in [2.05, 4.69) is 29.4 Å². The first-order chi connectivity index (χ1) is 9.56. The van der Waals surface area contributed by atoms with Crippen molar-refractivity contribution in [2.45, 2.75) is 33.1 Å². The minimum absolute atomic E-state index is 0.246. The highest BCUT2D eigenvalue weighted by atomic mass is 16.2. The number of nitrogens with two attached hydrogens (primary N) is 1. The Balaban J connectivity index is 2.26. The molecule has 6 heteroatoms. The van der Waals surface area contributed by atoms with Gasteiger partial charge in [-0.2, -0.15) is 0 Å². The lowest BCUT2D eigenvalue weighted by Crippen LogP contribution is -2.49. The normalized spacial score (nSPS) is 23.4. The van der Waals surface area contributed by atoms with E-state index in [1.165, 1.54) is 0 Å². The molecule has 6 nitrogen and oxygen atoms in total. The number of unbranched alkanes of at least 4 members (excludes halogenated alkanes) is 1. The highest BCUT2D eigenvalue weighted by Gasteiger charge is 2.26. The average Bonchev–Trinajstić information content (AvgIpc) is 2.41. The number of hydrogen-bond donors (Lipinski definition) is 3. The van der Waals surface area contributed by atoms with Gasteiger partial charge in [0.1, 0.15) is 0 Å². The topological polar surface area (TPSA) is 87.5 Å². The third-order valence-corrected chi connectivity index (χ3v) is 3.94. The van der Waals surface area contributed by atoms with Gasteiger partial charge in [-0.1, -0.05) is 20.3 Å². The molecule has 0 saturated carbocycles. The highest BCUT2D eigenvalue weighted by Crippen LogP contribution is 2.21. The monoisotopic (exact) mass is 284 g/mol. The predicted molar refractivity (Wildman–Crippen MR) is 79.2 cm³/mol. The number of amides is 3. The Bertz CT molecular complexity index is 322. The van der Waals surface area contributed by atoms with Crippen LogP contribution in [0.4, 0.5) is 4.79 Å². The summed E-state index contributed by atoms with van der Waals surface area (Å²) in [7, 11) is 0. The summed E-state index contributed by atoms with van der Waals surface area (Å²) in [5, 5.41) is 5.04. The van der Waals surface area contributed by atoms with Crippen molar-refractivity contribution in [3.05, 3.63) is 0 Å². The van der Waals surface area contributed by atoms with Crippen molar-refractivity contribution in [3.63, 3.8) is 0 Å². The molecule has 1 saturated heterocycles. The number of hydrogen-bond acceptors (Lipinski definition) is 4. The second-order valence-corrected chi connectivity index (χ2v) is 5.65. The molecule has 1 heterocycles. The predicted octanol–water partition coefficient (Wildman–Crippen LogP) is 0.529. The van der Waals surface area contributed by atoms with Crippen molar-refractivity contribution in [1.82, 2.24) is 15.5 Å². The van der Waals surface area contributed by atoms with Crippen LogP contribution in [0.3, 0.4) is 0 Å². The van der Waals surface area contributed by atoms with Gasteiger partial charge in [-0.05, 0) is 37.8 Å². The van der Waals surface area contributed by atoms with E-state index in [4.69, 9.17) is 5.73 Å². The fraction of sp³-hybridized carbons (Fsp3) is 0.857. The van der Waals surface area contributed by atoms with Crippen LogP contribution in [0.5, 0.6) is 0 Å². The van der Waals surface area contributed by atoms with Crippen molar-refractivity contribution in [1.29, 1.82) is 0 Å². The maximum Gasteiger partial charge on any atom is 0.321 e. The molecule has 0 spiro atoms. The molecule has 0 bridgehead atoms. The number of carbonyl (C=O) groups excluding carboxylic acids is 2. The van der Waals surface area contributed by atoms with Gasteiger partial charge in [0, 0.05) is 13.1 Å². The van der Waals surface area contributed by atoms with Crippen LogP contribution < -0.4 is 16.4 Å². The van der Waals surface area contributed by atoms with Gasteiger partial charge in [0.2, 0.25) is 5.91 Å². The average molecular weight is 284 g/mol. The van der Waals surface area contributed by atoms with Gasteiger partial charge in [0.05, 0.1) is 6.54 Å². The van der Waals surface area contributed by atoms with Crippen LogP contribution in [0.2, 0.25) is 0 Å². The second-order valence-electron chi connectivity index (χ2n) is 5.65. The number of piperidine rings is 1. The Labute approximate surface area is 121 Å². The van der Waals surface area contributed by atoms with E-state index in [9.17, 15) is 9.59 Å². The third-order valence-electron chi connectivity index (χ3n) is 3.94. The molecule has 1 aliphatic rings.